The van der Waals surface area contributed by atoms with Gasteiger partial charge < -0.3 is 10.3 Å². The predicted molar refractivity (Wildman–Crippen MR) is 88.0 cm³/mol. The van der Waals surface area contributed by atoms with Crippen molar-refractivity contribution in [1.29, 1.82) is 0 Å². The topological polar surface area (TPSA) is 99.8 Å². The number of fused-ring (bicyclic) bond motifs is 1. The van der Waals surface area contributed by atoms with Crippen molar-refractivity contribution in [1.82, 2.24) is 19.9 Å². The van der Waals surface area contributed by atoms with Gasteiger partial charge in [0.25, 0.3) is 5.89 Å². The molecule has 2 aromatic heterocycles. The number of hydrogen-bond donors (Lipinski definition) is 1. The van der Waals surface area contributed by atoms with Crippen LogP contribution in [0.15, 0.2) is 53.1 Å². The van der Waals surface area contributed by atoms with Gasteiger partial charge in [0.05, 0.1) is 5.52 Å². The van der Waals surface area contributed by atoms with Gasteiger partial charge in [0, 0.05) is 23.6 Å². The Bertz CT molecular complexity index is 1060. The molecule has 118 valence electrons. The van der Waals surface area contributed by atoms with Crippen molar-refractivity contribution in [2.24, 2.45) is 12.8 Å². The van der Waals surface area contributed by atoms with E-state index in [-0.39, 0.29) is 0 Å². The molecule has 4 aromatic rings. The summed E-state index contributed by atoms with van der Waals surface area (Å²) in [6, 6.07) is 14.5. The number of nitrogens with zero attached hydrogens (tertiary/aromatic N) is 4. The lowest BCUT2D eigenvalue weighted by Crippen LogP contribution is -2.10. The van der Waals surface area contributed by atoms with Crippen LogP contribution in [0.2, 0.25) is 0 Å². The molecule has 0 spiro atoms. The van der Waals surface area contributed by atoms with Crippen molar-refractivity contribution < 1.29 is 9.32 Å². The smallest absolute Gasteiger partial charge is 0.258 e. The molecule has 0 aliphatic carbocycles. The Hall–Kier alpha value is -3.48. The molecular formula is C17H13N5O2. The predicted octanol–water partition coefficient (Wildman–Crippen LogP) is 2.39. The van der Waals surface area contributed by atoms with Crippen LogP contribution in [0.4, 0.5) is 0 Å². The summed E-state index contributed by atoms with van der Waals surface area (Å²) < 4.78 is 7.08. The van der Waals surface area contributed by atoms with E-state index in [2.05, 4.69) is 15.2 Å². The number of rotatable bonds is 3. The van der Waals surface area contributed by atoms with Crippen LogP contribution in [-0.4, -0.2) is 25.8 Å². The zero-order valence-electron chi connectivity index (χ0n) is 12.8. The van der Waals surface area contributed by atoms with Gasteiger partial charge in [0.15, 0.2) is 0 Å². The van der Waals surface area contributed by atoms with E-state index in [1.165, 1.54) is 0 Å². The Labute approximate surface area is 136 Å². The van der Waals surface area contributed by atoms with Gasteiger partial charge in [0.2, 0.25) is 11.7 Å². The van der Waals surface area contributed by atoms with Crippen molar-refractivity contribution in [2.45, 2.75) is 0 Å². The first-order valence-electron chi connectivity index (χ1n) is 7.29. The summed E-state index contributed by atoms with van der Waals surface area (Å²) in [6.45, 7) is 0. The van der Waals surface area contributed by atoms with E-state index < -0.39 is 5.91 Å². The molecule has 0 bridgehead atoms. The molecule has 0 saturated carbocycles. The molecule has 0 aliphatic rings. The van der Waals surface area contributed by atoms with Gasteiger partial charge in [0.1, 0.15) is 5.69 Å². The van der Waals surface area contributed by atoms with Gasteiger partial charge >= 0.3 is 0 Å². The molecule has 2 N–H and O–H groups in total. The molecular weight excluding hydrogens is 306 g/mol. The standard InChI is InChI=1S/C17H13N5O2/c1-22-14(12-7-2-3-8-13(12)20-22)16-19-17(24-21-16)11-6-4-5-10(9-11)15(18)23/h2-9H,1H3,(H2,18,23). The molecule has 1 amide bonds. The van der Waals surface area contributed by atoms with Crippen LogP contribution >= 0.6 is 0 Å². The molecule has 2 aromatic carbocycles. The molecule has 0 saturated heterocycles. The Morgan fingerprint density at radius 1 is 1.17 bits per heavy atom. The van der Waals surface area contributed by atoms with Crippen molar-refractivity contribution in [3.8, 4) is 23.0 Å². The number of amides is 1. The maximum absolute atomic E-state index is 11.3. The van der Waals surface area contributed by atoms with Gasteiger partial charge in [-0.05, 0) is 24.3 Å². The average Bonchev–Trinajstić information content (AvgIpc) is 3.18. The largest absolute Gasteiger partial charge is 0.366 e. The summed E-state index contributed by atoms with van der Waals surface area (Å²) in [5.41, 5.74) is 7.96. The highest BCUT2D eigenvalue weighted by molar-refractivity contribution is 5.94. The molecule has 0 fully saturated rings. The van der Waals surface area contributed by atoms with Gasteiger partial charge in [-0.1, -0.05) is 29.4 Å². The fourth-order valence-electron chi connectivity index (χ4n) is 2.65. The fraction of sp³-hybridized carbons (Fsp3) is 0.0588. The van der Waals surface area contributed by atoms with E-state index in [4.69, 9.17) is 10.3 Å². The molecule has 2 heterocycles. The minimum Gasteiger partial charge on any atom is -0.366 e. The highest BCUT2D eigenvalue weighted by atomic mass is 16.5. The van der Waals surface area contributed by atoms with Crippen LogP contribution < -0.4 is 5.73 Å². The number of aromatic nitrogens is 4. The van der Waals surface area contributed by atoms with Crippen LogP contribution in [0.25, 0.3) is 33.9 Å². The van der Waals surface area contributed by atoms with Crippen LogP contribution in [0.5, 0.6) is 0 Å². The first-order chi connectivity index (χ1) is 11.6. The maximum Gasteiger partial charge on any atom is 0.258 e. The second-order valence-corrected chi connectivity index (χ2v) is 5.36. The minimum atomic E-state index is -0.505. The van der Waals surface area contributed by atoms with Crippen molar-refractivity contribution in [3.63, 3.8) is 0 Å². The Balaban J connectivity index is 1.81. The van der Waals surface area contributed by atoms with E-state index in [0.717, 1.165) is 16.6 Å². The third-order valence-corrected chi connectivity index (χ3v) is 3.77. The molecule has 7 nitrogen and oxygen atoms in total. The monoisotopic (exact) mass is 319 g/mol. The van der Waals surface area contributed by atoms with E-state index >= 15 is 0 Å². The summed E-state index contributed by atoms with van der Waals surface area (Å²) >= 11 is 0. The molecule has 0 radical (unpaired) electrons. The number of aryl methyl sites for hydroxylation is 1. The third-order valence-electron chi connectivity index (χ3n) is 3.77. The van der Waals surface area contributed by atoms with E-state index in [1.54, 1.807) is 28.9 Å². The summed E-state index contributed by atoms with van der Waals surface area (Å²) in [5.74, 6) is 0.248. The van der Waals surface area contributed by atoms with E-state index in [1.807, 2.05) is 31.3 Å². The SMILES string of the molecule is Cn1nc2ccccc2c1-c1noc(-c2cccc(C(N)=O)c2)n1. The lowest BCUT2D eigenvalue weighted by Gasteiger charge is -1.97. The second kappa shape index (κ2) is 5.31. The quantitative estimate of drug-likeness (QED) is 0.625. The lowest BCUT2D eigenvalue weighted by atomic mass is 10.1. The molecule has 0 aliphatic heterocycles. The fourth-order valence-corrected chi connectivity index (χ4v) is 2.65. The first kappa shape index (κ1) is 14.1. The normalized spacial score (nSPS) is 11.0. The molecule has 4 rings (SSSR count). The molecule has 7 heteroatoms. The first-order valence-corrected chi connectivity index (χ1v) is 7.29. The van der Waals surface area contributed by atoms with Crippen molar-refractivity contribution in [3.05, 3.63) is 54.1 Å². The van der Waals surface area contributed by atoms with Gasteiger partial charge in [-0.3, -0.25) is 9.48 Å². The number of hydrogen-bond acceptors (Lipinski definition) is 5. The van der Waals surface area contributed by atoms with Crippen LogP contribution in [0.1, 0.15) is 10.4 Å². The summed E-state index contributed by atoms with van der Waals surface area (Å²) in [4.78, 5) is 15.8. The van der Waals surface area contributed by atoms with Crippen LogP contribution in [0, 0.1) is 0 Å². The van der Waals surface area contributed by atoms with Gasteiger partial charge in [-0.25, -0.2) is 0 Å². The highest BCUT2D eigenvalue weighted by Gasteiger charge is 2.18. The molecule has 24 heavy (non-hydrogen) atoms. The molecule has 0 atom stereocenters. The number of carbonyl (C=O) groups excluding carboxylic acids is 1. The van der Waals surface area contributed by atoms with Gasteiger partial charge in [-0.15, -0.1) is 0 Å². The second-order valence-electron chi connectivity index (χ2n) is 5.36. The number of nitrogens with two attached hydrogens (primary N) is 1. The summed E-state index contributed by atoms with van der Waals surface area (Å²) in [6.07, 6.45) is 0. The zero-order chi connectivity index (χ0) is 16.7. The van der Waals surface area contributed by atoms with E-state index in [9.17, 15) is 4.79 Å². The highest BCUT2D eigenvalue weighted by Crippen LogP contribution is 2.28. The van der Waals surface area contributed by atoms with Crippen molar-refractivity contribution in [2.75, 3.05) is 0 Å². The Morgan fingerprint density at radius 3 is 2.83 bits per heavy atom. The van der Waals surface area contributed by atoms with Crippen LogP contribution in [-0.2, 0) is 7.05 Å². The van der Waals surface area contributed by atoms with Gasteiger partial charge in [-0.2, -0.15) is 10.1 Å². The summed E-state index contributed by atoms with van der Waals surface area (Å²) in [5, 5.41) is 9.44. The Kier molecular flexibility index (Phi) is 3.13. The third kappa shape index (κ3) is 2.23. The Morgan fingerprint density at radius 2 is 2.00 bits per heavy atom. The number of carbonyl (C=O) groups is 1. The number of benzene rings is 2. The van der Waals surface area contributed by atoms with E-state index in [0.29, 0.717) is 22.8 Å². The molecule has 0 unspecified atom stereocenters. The lowest BCUT2D eigenvalue weighted by molar-refractivity contribution is 0.100. The summed E-state index contributed by atoms with van der Waals surface area (Å²) in [7, 11) is 1.83. The number of primary amides is 1. The van der Waals surface area contributed by atoms with Crippen molar-refractivity contribution >= 4 is 16.8 Å². The zero-order valence-corrected chi connectivity index (χ0v) is 12.8. The van der Waals surface area contributed by atoms with Crippen LogP contribution in [0.3, 0.4) is 0 Å². The minimum absolute atomic E-state index is 0.318. The average molecular weight is 319 g/mol. The maximum atomic E-state index is 11.3.